The molecule has 0 spiro atoms. The third-order valence-corrected chi connectivity index (χ3v) is 6.45. The lowest BCUT2D eigenvalue weighted by molar-refractivity contribution is -0.118. The van der Waals surface area contributed by atoms with Gasteiger partial charge in [-0.3, -0.25) is 9.69 Å². The second kappa shape index (κ2) is 9.53. The lowest BCUT2D eigenvalue weighted by Gasteiger charge is -2.23. The first-order chi connectivity index (χ1) is 15.1. The van der Waals surface area contributed by atoms with Crippen LogP contribution in [0.5, 0.6) is 17.2 Å². The first-order valence-corrected chi connectivity index (χ1v) is 11.0. The minimum atomic E-state index is -0.0299. The van der Waals surface area contributed by atoms with Crippen LogP contribution in [0.1, 0.15) is 18.4 Å². The van der Waals surface area contributed by atoms with Crippen molar-refractivity contribution in [1.29, 1.82) is 0 Å². The maximum absolute atomic E-state index is 13.4. The molecule has 0 aliphatic carbocycles. The highest BCUT2D eigenvalue weighted by Gasteiger charge is 2.27. The fraction of sp³-hybridized carbons (Fsp3) is 0.391. The third kappa shape index (κ3) is 4.60. The number of hydrogen-bond donors (Lipinski definition) is 0. The molecule has 0 radical (unpaired) electrons. The number of carbonyl (C=O) groups excluding carboxylic acids is 1. The van der Waals surface area contributed by atoms with Crippen molar-refractivity contribution in [2.45, 2.75) is 25.4 Å². The van der Waals surface area contributed by atoms with Crippen LogP contribution in [0.4, 0.5) is 5.13 Å². The van der Waals surface area contributed by atoms with Gasteiger partial charge in [0.05, 0.1) is 40.4 Å². The van der Waals surface area contributed by atoms with E-state index in [1.807, 2.05) is 36.4 Å². The van der Waals surface area contributed by atoms with Gasteiger partial charge in [0, 0.05) is 6.61 Å². The molecule has 0 bridgehead atoms. The predicted molar refractivity (Wildman–Crippen MR) is 121 cm³/mol. The van der Waals surface area contributed by atoms with Gasteiger partial charge in [-0.1, -0.05) is 23.5 Å². The van der Waals surface area contributed by atoms with E-state index < -0.39 is 0 Å². The molecule has 4 rings (SSSR count). The lowest BCUT2D eigenvalue weighted by Crippen LogP contribution is -2.38. The van der Waals surface area contributed by atoms with Crippen LogP contribution in [-0.4, -0.2) is 51.5 Å². The van der Waals surface area contributed by atoms with Crippen LogP contribution in [-0.2, 0) is 16.0 Å². The number of hydrogen-bond acceptors (Lipinski definition) is 7. The maximum Gasteiger partial charge on any atom is 0.233 e. The molecule has 1 aliphatic heterocycles. The van der Waals surface area contributed by atoms with Crippen molar-refractivity contribution in [2.24, 2.45) is 0 Å². The predicted octanol–water partition coefficient (Wildman–Crippen LogP) is 4.08. The first kappa shape index (κ1) is 21.4. The topological polar surface area (TPSA) is 70.1 Å². The Hall–Kier alpha value is -2.84. The maximum atomic E-state index is 13.4. The minimum Gasteiger partial charge on any atom is -0.497 e. The second-order valence-corrected chi connectivity index (χ2v) is 8.29. The van der Waals surface area contributed by atoms with Crippen molar-refractivity contribution in [3.63, 3.8) is 0 Å². The van der Waals surface area contributed by atoms with E-state index in [0.717, 1.165) is 35.5 Å². The van der Waals surface area contributed by atoms with Crippen LogP contribution in [0.2, 0.25) is 0 Å². The van der Waals surface area contributed by atoms with E-state index in [-0.39, 0.29) is 18.4 Å². The lowest BCUT2D eigenvalue weighted by atomic mass is 10.1. The number of carbonyl (C=O) groups is 1. The number of amides is 1. The van der Waals surface area contributed by atoms with E-state index in [1.165, 1.54) is 11.3 Å². The Labute approximate surface area is 185 Å². The second-order valence-electron chi connectivity index (χ2n) is 7.31. The standard InChI is InChI=1S/C23H26N2O5S/c1-27-16-8-6-15(7-9-16)13-20(26)25(14-17-5-4-12-30-17)23-24-21-18(28-2)10-11-19(29-3)22(21)31-23/h6-11,17H,4-5,12-14H2,1-3H3. The SMILES string of the molecule is COc1ccc(CC(=O)N(CC2CCCO2)c2nc3c(OC)ccc(OC)c3s2)cc1. The minimum absolute atomic E-state index is 0.00983. The number of thiazole rings is 1. The average molecular weight is 443 g/mol. The van der Waals surface area contributed by atoms with Gasteiger partial charge >= 0.3 is 0 Å². The third-order valence-electron chi connectivity index (χ3n) is 5.36. The summed E-state index contributed by atoms with van der Waals surface area (Å²) in [5.41, 5.74) is 1.61. The highest BCUT2D eigenvalue weighted by atomic mass is 32.1. The van der Waals surface area contributed by atoms with Crippen LogP contribution < -0.4 is 19.1 Å². The summed E-state index contributed by atoms with van der Waals surface area (Å²) in [6.07, 6.45) is 2.22. The molecule has 1 unspecified atom stereocenters. The Kier molecular flexibility index (Phi) is 6.58. The Morgan fingerprint density at radius 2 is 1.84 bits per heavy atom. The van der Waals surface area contributed by atoms with Crippen molar-refractivity contribution >= 4 is 32.6 Å². The molecule has 3 aromatic rings. The fourth-order valence-electron chi connectivity index (χ4n) is 3.68. The van der Waals surface area contributed by atoms with Crippen LogP contribution >= 0.6 is 11.3 Å². The Morgan fingerprint density at radius 1 is 1.10 bits per heavy atom. The van der Waals surface area contributed by atoms with E-state index >= 15 is 0 Å². The van der Waals surface area contributed by atoms with Crippen molar-refractivity contribution in [3.8, 4) is 17.2 Å². The summed E-state index contributed by atoms with van der Waals surface area (Å²) < 4.78 is 22.9. The average Bonchev–Trinajstić information content (AvgIpc) is 3.47. The van der Waals surface area contributed by atoms with Crippen molar-refractivity contribution < 1.29 is 23.7 Å². The fourth-order valence-corrected chi connectivity index (χ4v) is 4.78. The molecule has 1 amide bonds. The van der Waals surface area contributed by atoms with Crippen LogP contribution in [0.3, 0.4) is 0 Å². The largest absolute Gasteiger partial charge is 0.497 e. The van der Waals surface area contributed by atoms with E-state index in [2.05, 4.69) is 0 Å². The smallest absolute Gasteiger partial charge is 0.233 e. The number of nitrogens with zero attached hydrogens (tertiary/aromatic N) is 2. The molecule has 7 nitrogen and oxygen atoms in total. The number of methoxy groups -OCH3 is 3. The summed E-state index contributed by atoms with van der Waals surface area (Å²) in [6.45, 7) is 1.20. The number of aromatic nitrogens is 1. The zero-order chi connectivity index (χ0) is 21.8. The van der Waals surface area contributed by atoms with Crippen molar-refractivity contribution in [2.75, 3.05) is 39.4 Å². The molecule has 0 N–H and O–H groups in total. The highest BCUT2D eigenvalue weighted by molar-refractivity contribution is 7.22. The summed E-state index contributed by atoms with van der Waals surface area (Å²) in [5, 5.41) is 0.617. The summed E-state index contributed by atoms with van der Waals surface area (Å²) in [6, 6.07) is 11.2. The number of rotatable bonds is 8. The number of fused-ring (bicyclic) bond motifs is 1. The van der Waals surface area contributed by atoms with Gasteiger partial charge in [-0.25, -0.2) is 4.98 Å². The number of ether oxygens (including phenoxy) is 4. The van der Waals surface area contributed by atoms with Gasteiger partial charge in [-0.15, -0.1) is 0 Å². The van der Waals surface area contributed by atoms with E-state index in [4.69, 9.17) is 23.9 Å². The first-order valence-electron chi connectivity index (χ1n) is 10.2. The Bertz CT molecular complexity index is 1000. The molecular formula is C23H26N2O5S. The van der Waals surface area contributed by atoms with Gasteiger partial charge in [0.25, 0.3) is 0 Å². The summed E-state index contributed by atoms with van der Waals surface area (Å²) in [5.74, 6) is 2.09. The molecule has 8 heteroatoms. The van der Waals surface area contributed by atoms with E-state index in [9.17, 15) is 4.79 Å². The molecule has 2 aromatic carbocycles. The molecule has 2 heterocycles. The highest BCUT2D eigenvalue weighted by Crippen LogP contribution is 2.40. The zero-order valence-corrected chi connectivity index (χ0v) is 18.7. The van der Waals surface area contributed by atoms with Crippen LogP contribution in [0, 0.1) is 0 Å². The van der Waals surface area contributed by atoms with Crippen molar-refractivity contribution in [3.05, 3.63) is 42.0 Å². The van der Waals surface area contributed by atoms with Crippen LogP contribution in [0.15, 0.2) is 36.4 Å². The molecule has 1 aliphatic rings. The Balaban J connectivity index is 1.67. The monoisotopic (exact) mass is 442 g/mol. The van der Waals surface area contributed by atoms with Gasteiger partial charge < -0.3 is 18.9 Å². The summed E-state index contributed by atoms with van der Waals surface area (Å²) >= 11 is 1.43. The van der Waals surface area contributed by atoms with Gasteiger partial charge in [0.1, 0.15) is 27.5 Å². The molecular weight excluding hydrogens is 416 g/mol. The van der Waals surface area contributed by atoms with E-state index in [1.54, 1.807) is 26.2 Å². The molecule has 1 atom stereocenters. The van der Waals surface area contributed by atoms with Crippen molar-refractivity contribution in [1.82, 2.24) is 4.98 Å². The molecule has 1 saturated heterocycles. The molecule has 0 saturated carbocycles. The van der Waals surface area contributed by atoms with Crippen LogP contribution in [0.25, 0.3) is 10.2 Å². The van der Waals surface area contributed by atoms with Gasteiger partial charge in [0.15, 0.2) is 5.13 Å². The van der Waals surface area contributed by atoms with E-state index in [0.29, 0.717) is 28.7 Å². The molecule has 164 valence electrons. The quantitative estimate of drug-likeness (QED) is 0.524. The Morgan fingerprint density at radius 3 is 2.48 bits per heavy atom. The normalized spacial score (nSPS) is 15.8. The summed E-state index contributed by atoms with van der Waals surface area (Å²) in [4.78, 5) is 19.9. The molecule has 1 fully saturated rings. The molecule has 1 aromatic heterocycles. The van der Waals surface area contributed by atoms with Gasteiger partial charge in [-0.2, -0.15) is 0 Å². The van der Waals surface area contributed by atoms with Gasteiger partial charge in [0.2, 0.25) is 5.91 Å². The van der Waals surface area contributed by atoms with Gasteiger partial charge in [-0.05, 0) is 42.7 Å². The number of benzene rings is 2. The molecule has 31 heavy (non-hydrogen) atoms. The zero-order valence-electron chi connectivity index (χ0n) is 17.9. The number of anilines is 1. The summed E-state index contributed by atoms with van der Waals surface area (Å²) in [7, 11) is 4.86.